The lowest BCUT2D eigenvalue weighted by Crippen LogP contribution is -2.52. The second kappa shape index (κ2) is 5.01. The summed E-state index contributed by atoms with van der Waals surface area (Å²) in [6.07, 6.45) is 2.25. The first-order chi connectivity index (χ1) is 8.11. The molecule has 0 aromatic rings. The SMILES string of the molecule is NC1COCC1C(=O)N1CCCC[C@@H]1C(=O)O. The summed E-state index contributed by atoms with van der Waals surface area (Å²) in [7, 11) is 0. The van der Waals surface area contributed by atoms with E-state index >= 15 is 0 Å². The van der Waals surface area contributed by atoms with E-state index in [1.165, 1.54) is 4.90 Å². The molecule has 2 unspecified atom stereocenters. The maximum Gasteiger partial charge on any atom is 0.326 e. The number of likely N-dealkylation sites (tertiary alicyclic amines) is 1. The number of amides is 1. The summed E-state index contributed by atoms with van der Waals surface area (Å²) in [6, 6.07) is -0.997. The van der Waals surface area contributed by atoms with Crippen molar-refractivity contribution in [2.45, 2.75) is 31.3 Å². The maximum atomic E-state index is 12.2. The number of carbonyl (C=O) groups excluding carboxylic acids is 1. The Hall–Kier alpha value is -1.14. The van der Waals surface area contributed by atoms with Gasteiger partial charge in [0.25, 0.3) is 0 Å². The lowest BCUT2D eigenvalue weighted by atomic mass is 9.97. The van der Waals surface area contributed by atoms with Crippen LogP contribution in [0.2, 0.25) is 0 Å². The molecule has 2 fully saturated rings. The van der Waals surface area contributed by atoms with Gasteiger partial charge in [-0.2, -0.15) is 0 Å². The lowest BCUT2D eigenvalue weighted by molar-refractivity contribution is -0.154. The summed E-state index contributed by atoms with van der Waals surface area (Å²) in [6.45, 7) is 1.20. The van der Waals surface area contributed by atoms with E-state index < -0.39 is 12.0 Å². The van der Waals surface area contributed by atoms with Gasteiger partial charge in [-0.25, -0.2) is 4.79 Å². The molecule has 0 aromatic heterocycles. The molecule has 0 spiro atoms. The molecule has 3 N–H and O–H groups in total. The molecule has 2 heterocycles. The monoisotopic (exact) mass is 242 g/mol. The van der Waals surface area contributed by atoms with E-state index in [0.717, 1.165) is 12.8 Å². The minimum absolute atomic E-state index is 0.165. The van der Waals surface area contributed by atoms with Crippen molar-refractivity contribution in [2.24, 2.45) is 11.7 Å². The molecule has 0 aromatic carbocycles. The Kier molecular flexibility index (Phi) is 3.63. The molecule has 0 aliphatic carbocycles. The summed E-state index contributed by atoms with van der Waals surface area (Å²) in [5.41, 5.74) is 5.79. The number of aliphatic carboxylic acids is 1. The van der Waals surface area contributed by atoms with E-state index in [4.69, 9.17) is 15.6 Å². The zero-order valence-electron chi connectivity index (χ0n) is 9.67. The largest absolute Gasteiger partial charge is 0.480 e. The predicted molar refractivity (Wildman–Crippen MR) is 59.3 cm³/mol. The van der Waals surface area contributed by atoms with Crippen LogP contribution in [0.1, 0.15) is 19.3 Å². The number of carboxylic acids is 1. The highest BCUT2D eigenvalue weighted by molar-refractivity contribution is 5.86. The van der Waals surface area contributed by atoms with Crippen LogP contribution < -0.4 is 5.73 Å². The van der Waals surface area contributed by atoms with Crippen molar-refractivity contribution < 1.29 is 19.4 Å². The summed E-state index contributed by atoms with van der Waals surface area (Å²) < 4.78 is 5.16. The van der Waals surface area contributed by atoms with Gasteiger partial charge in [-0.05, 0) is 19.3 Å². The second-order valence-electron chi connectivity index (χ2n) is 4.69. The van der Waals surface area contributed by atoms with Crippen molar-refractivity contribution in [3.05, 3.63) is 0 Å². The molecule has 2 aliphatic heterocycles. The highest BCUT2D eigenvalue weighted by Crippen LogP contribution is 2.22. The highest BCUT2D eigenvalue weighted by Gasteiger charge is 2.39. The van der Waals surface area contributed by atoms with Crippen LogP contribution in [0.3, 0.4) is 0 Å². The topological polar surface area (TPSA) is 92.9 Å². The van der Waals surface area contributed by atoms with Gasteiger partial charge in [0, 0.05) is 12.6 Å². The van der Waals surface area contributed by atoms with Crippen LogP contribution in [-0.4, -0.2) is 53.7 Å². The van der Waals surface area contributed by atoms with Crippen LogP contribution >= 0.6 is 0 Å². The van der Waals surface area contributed by atoms with E-state index in [9.17, 15) is 9.59 Å². The van der Waals surface area contributed by atoms with Crippen molar-refractivity contribution in [2.75, 3.05) is 19.8 Å². The molecule has 1 amide bonds. The van der Waals surface area contributed by atoms with Gasteiger partial charge in [0.15, 0.2) is 0 Å². The van der Waals surface area contributed by atoms with Gasteiger partial charge >= 0.3 is 5.97 Å². The quantitative estimate of drug-likeness (QED) is 0.676. The fourth-order valence-electron chi connectivity index (χ4n) is 2.49. The zero-order chi connectivity index (χ0) is 12.4. The van der Waals surface area contributed by atoms with Crippen molar-refractivity contribution in [3.8, 4) is 0 Å². The third-order valence-electron chi connectivity index (χ3n) is 3.51. The highest BCUT2D eigenvalue weighted by atomic mass is 16.5. The third kappa shape index (κ3) is 2.42. The Morgan fingerprint density at radius 1 is 1.29 bits per heavy atom. The number of carboxylic acid groups (broad SMARTS) is 1. The predicted octanol–water partition coefficient (Wildman–Crippen LogP) is -0.574. The van der Waals surface area contributed by atoms with Gasteiger partial charge < -0.3 is 20.5 Å². The summed E-state index contributed by atoms with van der Waals surface area (Å²) in [4.78, 5) is 24.8. The average molecular weight is 242 g/mol. The Bertz CT molecular complexity index is 321. The number of ether oxygens (including phenoxy) is 1. The number of nitrogens with zero attached hydrogens (tertiary/aromatic N) is 1. The standard InChI is InChI=1S/C11H18N2O4/c12-8-6-17-5-7(8)10(14)13-4-2-1-3-9(13)11(15)16/h7-9H,1-6,12H2,(H,15,16)/t7?,8?,9-/m1/s1. The van der Waals surface area contributed by atoms with Gasteiger partial charge in [-0.3, -0.25) is 4.79 Å². The molecule has 0 bridgehead atoms. The molecular weight excluding hydrogens is 224 g/mol. The average Bonchev–Trinajstić information content (AvgIpc) is 2.74. The van der Waals surface area contributed by atoms with Crippen molar-refractivity contribution in [1.82, 2.24) is 4.90 Å². The Morgan fingerprint density at radius 3 is 2.65 bits per heavy atom. The molecule has 2 rings (SSSR count). The molecule has 2 saturated heterocycles. The van der Waals surface area contributed by atoms with Crippen LogP contribution in [0.25, 0.3) is 0 Å². The van der Waals surface area contributed by atoms with Gasteiger partial charge in [0.05, 0.1) is 19.1 Å². The number of piperidine rings is 1. The first-order valence-corrected chi connectivity index (χ1v) is 5.98. The molecule has 0 saturated carbocycles. The Morgan fingerprint density at radius 2 is 2.06 bits per heavy atom. The van der Waals surface area contributed by atoms with Crippen LogP contribution in [0, 0.1) is 5.92 Å². The molecule has 0 radical (unpaired) electrons. The third-order valence-corrected chi connectivity index (χ3v) is 3.51. The van der Waals surface area contributed by atoms with Gasteiger partial charge in [-0.1, -0.05) is 0 Å². The number of hydrogen-bond donors (Lipinski definition) is 2. The van der Waals surface area contributed by atoms with Crippen LogP contribution in [0.5, 0.6) is 0 Å². The molecule has 6 nitrogen and oxygen atoms in total. The van der Waals surface area contributed by atoms with E-state index in [2.05, 4.69) is 0 Å². The van der Waals surface area contributed by atoms with E-state index in [1.807, 2.05) is 0 Å². The molecule has 6 heteroatoms. The summed E-state index contributed by atoms with van der Waals surface area (Å²) in [5, 5.41) is 9.11. The fourth-order valence-corrected chi connectivity index (χ4v) is 2.49. The molecule has 96 valence electrons. The van der Waals surface area contributed by atoms with Crippen molar-refractivity contribution in [3.63, 3.8) is 0 Å². The Balaban J connectivity index is 2.08. The minimum atomic E-state index is -0.925. The zero-order valence-corrected chi connectivity index (χ0v) is 9.67. The Labute approximate surface area is 99.7 Å². The number of carbonyl (C=O) groups is 2. The molecular formula is C11H18N2O4. The van der Waals surface area contributed by atoms with E-state index in [0.29, 0.717) is 26.2 Å². The summed E-state index contributed by atoms with van der Waals surface area (Å²) in [5.74, 6) is -1.47. The second-order valence-corrected chi connectivity index (χ2v) is 4.69. The first kappa shape index (κ1) is 12.3. The fraction of sp³-hybridized carbons (Fsp3) is 0.818. The smallest absolute Gasteiger partial charge is 0.326 e. The lowest BCUT2D eigenvalue weighted by Gasteiger charge is -2.35. The molecule has 3 atom stereocenters. The van der Waals surface area contributed by atoms with Crippen LogP contribution in [-0.2, 0) is 14.3 Å². The number of rotatable bonds is 2. The van der Waals surface area contributed by atoms with Gasteiger partial charge in [-0.15, -0.1) is 0 Å². The van der Waals surface area contributed by atoms with Crippen molar-refractivity contribution in [1.29, 1.82) is 0 Å². The normalized spacial score (nSPS) is 33.7. The van der Waals surface area contributed by atoms with Crippen molar-refractivity contribution >= 4 is 11.9 Å². The molecule has 2 aliphatic rings. The van der Waals surface area contributed by atoms with Crippen LogP contribution in [0.15, 0.2) is 0 Å². The number of hydrogen-bond acceptors (Lipinski definition) is 4. The maximum absolute atomic E-state index is 12.2. The first-order valence-electron chi connectivity index (χ1n) is 5.98. The molecule has 17 heavy (non-hydrogen) atoms. The summed E-state index contributed by atoms with van der Waals surface area (Å²) >= 11 is 0. The van der Waals surface area contributed by atoms with Gasteiger partial charge in [0.1, 0.15) is 6.04 Å². The van der Waals surface area contributed by atoms with Crippen LogP contribution in [0.4, 0.5) is 0 Å². The number of nitrogens with two attached hydrogens (primary N) is 1. The van der Waals surface area contributed by atoms with Gasteiger partial charge in [0.2, 0.25) is 5.91 Å². The minimum Gasteiger partial charge on any atom is -0.480 e. The van der Waals surface area contributed by atoms with E-state index in [1.54, 1.807) is 0 Å². The van der Waals surface area contributed by atoms with E-state index in [-0.39, 0.29) is 17.9 Å².